The maximum atomic E-state index is 10.9. The predicted molar refractivity (Wildman–Crippen MR) is 72.7 cm³/mol. The van der Waals surface area contributed by atoms with Crippen molar-refractivity contribution < 1.29 is 4.92 Å². The first-order chi connectivity index (χ1) is 8.95. The van der Waals surface area contributed by atoms with Crippen LogP contribution in [-0.2, 0) is 0 Å². The Labute approximate surface area is 111 Å². The Morgan fingerprint density at radius 3 is 2.58 bits per heavy atom. The number of nitrogen functional groups attached to an aromatic ring is 1. The molecule has 0 aliphatic heterocycles. The molecule has 0 amide bonds. The number of hydrogen-bond acceptors (Lipinski definition) is 6. The maximum absolute atomic E-state index is 10.9. The standard InChI is InChI=1S/C12H19N5O2/c1-7-3-8(2)5-9(4-7)15-11-10(17(18)19)6-14-12(13)16-11/h6-9H,3-5H2,1-2H3,(H3,13,14,15,16). The molecule has 1 fully saturated rings. The lowest BCUT2D eigenvalue weighted by atomic mass is 9.80. The van der Waals surface area contributed by atoms with E-state index in [0.717, 1.165) is 19.0 Å². The van der Waals surface area contributed by atoms with Crippen LogP contribution >= 0.6 is 0 Å². The molecular weight excluding hydrogens is 246 g/mol. The quantitative estimate of drug-likeness (QED) is 0.641. The molecule has 1 aromatic rings. The lowest BCUT2D eigenvalue weighted by Gasteiger charge is -2.32. The summed E-state index contributed by atoms with van der Waals surface area (Å²) >= 11 is 0. The summed E-state index contributed by atoms with van der Waals surface area (Å²) in [6, 6.07) is 0.201. The minimum absolute atomic E-state index is 0.0463. The van der Waals surface area contributed by atoms with Gasteiger partial charge in [0.2, 0.25) is 11.8 Å². The number of nitrogens with zero attached hydrogens (tertiary/aromatic N) is 3. The number of nitro groups is 1. The topological polar surface area (TPSA) is 107 Å². The summed E-state index contributed by atoms with van der Waals surface area (Å²) in [5.74, 6) is 1.49. The summed E-state index contributed by atoms with van der Waals surface area (Å²) in [6.45, 7) is 4.40. The third-order valence-electron chi connectivity index (χ3n) is 3.50. The van der Waals surface area contributed by atoms with Crippen LogP contribution in [0.5, 0.6) is 0 Å². The highest BCUT2D eigenvalue weighted by Crippen LogP contribution is 2.32. The summed E-state index contributed by atoms with van der Waals surface area (Å²) in [5, 5.41) is 14.1. The zero-order valence-electron chi connectivity index (χ0n) is 11.2. The Bertz CT molecular complexity index is 469. The number of nitrogens with two attached hydrogens (primary N) is 1. The van der Waals surface area contributed by atoms with Gasteiger partial charge in [0.1, 0.15) is 6.20 Å². The van der Waals surface area contributed by atoms with E-state index < -0.39 is 4.92 Å². The lowest BCUT2D eigenvalue weighted by Crippen LogP contribution is -2.30. The van der Waals surface area contributed by atoms with Crippen molar-refractivity contribution in [3.63, 3.8) is 0 Å². The van der Waals surface area contributed by atoms with E-state index in [1.807, 2.05) is 0 Å². The molecule has 19 heavy (non-hydrogen) atoms. The van der Waals surface area contributed by atoms with Crippen LogP contribution in [0.1, 0.15) is 33.1 Å². The van der Waals surface area contributed by atoms with E-state index in [1.54, 1.807) is 0 Å². The monoisotopic (exact) mass is 265 g/mol. The number of anilines is 2. The molecule has 1 saturated carbocycles. The van der Waals surface area contributed by atoms with Crippen LogP contribution in [0.3, 0.4) is 0 Å². The van der Waals surface area contributed by atoms with Crippen LogP contribution in [-0.4, -0.2) is 20.9 Å². The highest BCUT2D eigenvalue weighted by atomic mass is 16.6. The second kappa shape index (κ2) is 5.38. The molecule has 2 rings (SSSR count). The molecule has 1 aromatic heterocycles. The Morgan fingerprint density at radius 2 is 2.00 bits per heavy atom. The number of rotatable bonds is 3. The van der Waals surface area contributed by atoms with Crippen LogP contribution in [0.2, 0.25) is 0 Å². The molecule has 1 aliphatic rings. The van der Waals surface area contributed by atoms with E-state index >= 15 is 0 Å². The van der Waals surface area contributed by atoms with Gasteiger partial charge in [-0.15, -0.1) is 0 Å². The van der Waals surface area contributed by atoms with Gasteiger partial charge in [0, 0.05) is 6.04 Å². The average Bonchev–Trinajstić information content (AvgIpc) is 2.26. The smallest absolute Gasteiger partial charge is 0.329 e. The van der Waals surface area contributed by atoms with Gasteiger partial charge >= 0.3 is 5.69 Å². The van der Waals surface area contributed by atoms with Gasteiger partial charge in [-0.25, -0.2) is 4.98 Å². The molecule has 0 radical (unpaired) electrons. The van der Waals surface area contributed by atoms with Gasteiger partial charge < -0.3 is 11.1 Å². The van der Waals surface area contributed by atoms with Gasteiger partial charge in [0.15, 0.2) is 0 Å². The van der Waals surface area contributed by atoms with E-state index in [9.17, 15) is 10.1 Å². The van der Waals surface area contributed by atoms with E-state index in [0.29, 0.717) is 11.8 Å². The van der Waals surface area contributed by atoms with Crippen molar-refractivity contribution in [2.24, 2.45) is 11.8 Å². The van der Waals surface area contributed by atoms with Crippen LogP contribution in [0.25, 0.3) is 0 Å². The Hall–Kier alpha value is -1.92. The minimum Gasteiger partial charge on any atom is -0.368 e. The molecule has 104 valence electrons. The van der Waals surface area contributed by atoms with Crippen molar-refractivity contribution >= 4 is 17.5 Å². The third-order valence-corrected chi connectivity index (χ3v) is 3.50. The summed E-state index contributed by atoms with van der Waals surface area (Å²) < 4.78 is 0. The fourth-order valence-electron chi connectivity index (χ4n) is 2.89. The maximum Gasteiger partial charge on any atom is 0.329 e. The predicted octanol–water partition coefficient (Wildman–Crippen LogP) is 2.20. The van der Waals surface area contributed by atoms with Gasteiger partial charge in [0.25, 0.3) is 0 Å². The fourth-order valence-corrected chi connectivity index (χ4v) is 2.89. The molecular formula is C12H19N5O2. The van der Waals surface area contributed by atoms with Gasteiger partial charge in [0.05, 0.1) is 4.92 Å². The second-order valence-electron chi connectivity index (χ2n) is 5.48. The van der Waals surface area contributed by atoms with Crippen molar-refractivity contribution in [2.75, 3.05) is 11.1 Å². The highest BCUT2D eigenvalue weighted by Gasteiger charge is 2.26. The molecule has 7 heteroatoms. The van der Waals surface area contributed by atoms with Crippen LogP contribution in [0, 0.1) is 22.0 Å². The largest absolute Gasteiger partial charge is 0.368 e. The zero-order valence-corrected chi connectivity index (χ0v) is 11.2. The van der Waals surface area contributed by atoms with Crippen molar-refractivity contribution in [3.8, 4) is 0 Å². The SMILES string of the molecule is CC1CC(C)CC(Nc2nc(N)ncc2[N+](=O)[O-])C1. The van der Waals surface area contributed by atoms with Gasteiger partial charge in [-0.1, -0.05) is 13.8 Å². The molecule has 3 N–H and O–H groups in total. The molecule has 1 aliphatic carbocycles. The molecule has 0 bridgehead atoms. The highest BCUT2D eigenvalue weighted by molar-refractivity contribution is 5.56. The second-order valence-corrected chi connectivity index (χ2v) is 5.48. The summed E-state index contributed by atoms with van der Waals surface area (Å²) in [6.07, 6.45) is 4.34. The Balaban J connectivity index is 2.18. The molecule has 2 unspecified atom stereocenters. The van der Waals surface area contributed by atoms with Crippen molar-refractivity contribution in [1.29, 1.82) is 0 Å². The Kier molecular flexibility index (Phi) is 3.82. The van der Waals surface area contributed by atoms with E-state index in [-0.39, 0.29) is 23.5 Å². The fraction of sp³-hybridized carbons (Fsp3) is 0.667. The molecule has 0 saturated heterocycles. The Morgan fingerprint density at radius 1 is 1.37 bits per heavy atom. The average molecular weight is 265 g/mol. The number of hydrogen-bond donors (Lipinski definition) is 2. The molecule has 0 spiro atoms. The van der Waals surface area contributed by atoms with Crippen LogP contribution in [0.4, 0.5) is 17.5 Å². The molecule has 7 nitrogen and oxygen atoms in total. The first kappa shape index (κ1) is 13.5. The van der Waals surface area contributed by atoms with Crippen LogP contribution < -0.4 is 11.1 Å². The summed E-state index contributed by atoms with van der Waals surface area (Å²) in [5.41, 5.74) is 5.38. The molecule has 0 aromatic carbocycles. The minimum atomic E-state index is -0.489. The van der Waals surface area contributed by atoms with Gasteiger partial charge in [-0.2, -0.15) is 4.98 Å². The first-order valence-electron chi connectivity index (χ1n) is 6.49. The summed E-state index contributed by atoms with van der Waals surface area (Å²) in [7, 11) is 0. The van der Waals surface area contributed by atoms with E-state index in [2.05, 4.69) is 29.1 Å². The van der Waals surface area contributed by atoms with Crippen molar-refractivity contribution in [2.45, 2.75) is 39.2 Å². The third kappa shape index (κ3) is 3.30. The molecule has 1 heterocycles. The summed E-state index contributed by atoms with van der Waals surface area (Å²) in [4.78, 5) is 18.1. The molecule has 2 atom stereocenters. The van der Waals surface area contributed by atoms with Gasteiger partial charge in [-0.05, 0) is 31.1 Å². The first-order valence-corrected chi connectivity index (χ1v) is 6.49. The number of nitrogens with one attached hydrogen (secondary N) is 1. The van der Waals surface area contributed by atoms with Gasteiger partial charge in [-0.3, -0.25) is 10.1 Å². The zero-order chi connectivity index (χ0) is 14.0. The lowest BCUT2D eigenvalue weighted by molar-refractivity contribution is -0.384. The van der Waals surface area contributed by atoms with E-state index in [1.165, 1.54) is 6.42 Å². The van der Waals surface area contributed by atoms with Crippen molar-refractivity contribution in [1.82, 2.24) is 9.97 Å². The van der Waals surface area contributed by atoms with Crippen LogP contribution in [0.15, 0.2) is 6.20 Å². The normalized spacial score (nSPS) is 26.9. The van der Waals surface area contributed by atoms with E-state index in [4.69, 9.17) is 5.73 Å². The number of aromatic nitrogens is 2. The van der Waals surface area contributed by atoms with Crippen molar-refractivity contribution in [3.05, 3.63) is 16.3 Å².